The van der Waals surface area contributed by atoms with Gasteiger partial charge in [0.25, 0.3) is 0 Å². The Morgan fingerprint density at radius 1 is 1.26 bits per heavy atom. The fourth-order valence-corrected chi connectivity index (χ4v) is 2.27. The standard InChI is InChI=1S/C15H18FNO2/c1-15(2,3)9-4-6-12(16)11(8-9)10-5-7-13(18)17-14(10)19/h4,6,8,10H,5,7H2,1-3H3,(H,17,18,19). The van der Waals surface area contributed by atoms with Crippen molar-refractivity contribution in [3.63, 3.8) is 0 Å². The van der Waals surface area contributed by atoms with E-state index in [9.17, 15) is 14.0 Å². The molecule has 19 heavy (non-hydrogen) atoms. The first-order chi connectivity index (χ1) is 8.79. The fraction of sp³-hybridized carbons (Fsp3) is 0.467. The van der Waals surface area contributed by atoms with Crippen LogP contribution in [0.4, 0.5) is 4.39 Å². The molecule has 2 amide bonds. The number of carbonyl (C=O) groups is 2. The average molecular weight is 263 g/mol. The van der Waals surface area contributed by atoms with Gasteiger partial charge in [-0.2, -0.15) is 0 Å². The molecule has 0 saturated carbocycles. The van der Waals surface area contributed by atoms with E-state index in [4.69, 9.17) is 0 Å². The van der Waals surface area contributed by atoms with Crippen LogP contribution in [0.5, 0.6) is 0 Å². The molecular weight excluding hydrogens is 245 g/mol. The van der Waals surface area contributed by atoms with Crippen LogP contribution in [0.3, 0.4) is 0 Å². The van der Waals surface area contributed by atoms with Gasteiger partial charge in [-0.1, -0.05) is 32.9 Å². The molecule has 0 aromatic heterocycles. The Hall–Kier alpha value is -1.71. The molecule has 2 rings (SSSR count). The molecule has 1 unspecified atom stereocenters. The van der Waals surface area contributed by atoms with E-state index in [1.807, 2.05) is 20.8 Å². The normalized spacial score (nSPS) is 20.3. The molecular formula is C15H18FNO2. The quantitative estimate of drug-likeness (QED) is 0.792. The lowest BCUT2D eigenvalue weighted by molar-refractivity contribution is -0.134. The molecule has 0 bridgehead atoms. The maximum Gasteiger partial charge on any atom is 0.234 e. The summed E-state index contributed by atoms with van der Waals surface area (Å²) in [5, 5.41) is 2.27. The Bertz CT molecular complexity index is 531. The summed E-state index contributed by atoms with van der Waals surface area (Å²) in [7, 11) is 0. The molecule has 0 radical (unpaired) electrons. The summed E-state index contributed by atoms with van der Waals surface area (Å²) in [5.74, 6) is -1.64. The number of imide groups is 1. The Morgan fingerprint density at radius 2 is 1.95 bits per heavy atom. The van der Waals surface area contributed by atoms with Gasteiger partial charge in [0.05, 0.1) is 5.92 Å². The van der Waals surface area contributed by atoms with Gasteiger partial charge >= 0.3 is 0 Å². The number of nitrogens with one attached hydrogen (secondary N) is 1. The van der Waals surface area contributed by atoms with Gasteiger partial charge in [0.2, 0.25) is 11.8 Å². The van der Waals surface area contributed by atoms with Crippen LogP contribution in [0.15, 0.2) is 18.2 Å². The third-order valence-electron chi connectivity index (χ3n) is 3.48. The van der Waals surface area contributed by atoms with Crippen molar-refractivity contribution in [1.29, 1.82) is 0 Å². The molecule has 1 heterocycles. The van der Waals surface area contributed by atoms with E-state index in [0.717, 1.165) is 5.56 Å². The third-order valence-corrected chi connectivity index (χ3v) is 3.48. The van der Waals surface area contributed by atoms with Crippen molar-refractivity contribution < 1.29 is 14.0 Å². The van der Waals surface area contributed by atoms with Gasteiger partial charge in [-0.3, -0.25) is 14.9 Å². The van der Waals surface area contributed by atoms with Crippen LogP contribution in [-0.4, -0.2) is 11.8 Å². The highest BCUT2D eigenvalue weighted by Crippen LogP contribution is 2.31. The molecule has 3 nitrogen and oxygen atoms in total. The van der Waals surface area contributed by atoms with Crippen LogP contribution in [0.2, 0.25) is 0 Å². The first-order valence-electron chi connectivity index (χ1n) is 6.42. The van der Waals surface area contributed by atoms with Gasteiger partial charge in [-0.15, -0.1) is 0 Å². The van der Waals surface area contributed by atoms with Crippen molar-refractivity contribution in [2.24, 2.45) is 0 Å². The van der Waals surface area contributed by atoms with E-state index in [-0.39, 0.29) is 23.6 Å². The molecule has 1 N–H and O–H groups in total. The molecule has 1 aliphatic heterocycles. The lowest BCUT2D eigenvalue weighted by Crippen LogP contribution is -2.39. The van der Waals surface area contributed by atoms with Crippen molar-refractivity contribution in [1.82, 2.24) is 5.32 Å². The van der Waals surface area contributed by atoms with Crippen molar-refractivity contribution in [2.45, 2.75) is 44.9 Å². The monoisotopic (exact) mass is 263 g/mol. The van der Waals surface area contributed by atoms with E-state index < -0.39 is 11.8 Å². The summed E-state index contributed by atoms with van der Waals surface area (Å²) in [6, 6.07) is 4.89. The van der Waals surface area contributed by atoms with Gasteiger partial charge in [0.15, 0.2) is 0 Å². The highest BCUT2D eigenvalue weighted by molar-refractivity contribution is 6.00. The summed E-state index contributed by atoms with van der Waals surface area (Å²) in [6.07, 6.45) is 0.630. The zero-order chi connectivity index (χ0) is 14.2. The summed E-state index contributed by atoms with van der Waals surface area (Å²) in [4.78, 5) is 23.0. The number of amides is 2. The highest BCUT2D eigenvalue weighted by atomic mass is 19.1. The Labute approximate surface area is 112 Å². The van der Waals surface area contributed by atoms with Crippen molar-refractivity contribution in [2.75, 3.05) is 0 Å². The van der Waals surface area contributed by atoms with Gasteiger partial charge in [-0.25, -0.2) is 4.39 Å². The number of rotatable bonds is 1. The van der Waals surface area contributed by atoms with Crippen molar-refractivity contribution in [3.8, 4) is 0 Å². The van der Waals surface area contributed by atoms with E-state index in [1.54, 1.807) is 12.1 Å². The Balaban J connectivity index is 2.39. The van der Waals surface area contributed by atoms with Crippen LogP contribution in [0, 0.1) is 5.82 Å². The van der Waals surface area contributed by atoms with Crippen LogP contribution < -0.4 is 5.32 Å². The third kappa shape index (κ3) is 2.83. The minimum Gasteiger partial charge on any atom is -0.296 e. The summed E-state index contributed by atoms with van der Waals surface area (Å²) >= 11 is 0. The molecule has 4 heteroatoms. The SMILES string of the molecule is CC(C)(C)c1ccc(F)c(C2CCC(=O)NC2=O)c1. The van der Waals surface area contributed by atoms with Gasteiger partial charge in [-0.05, 0) is 23.5 Å². The summed E-state index contributed by atoms with van der Waals surface area (Å²) in [5.41, 5.74) is 1.26. The molecule has 1 atom stereocenters. The smallest absolute Gasteiger partial charge is 0.234 e. The number of halogens is 1. The number of piperidine rings is 1. The summed E-state index contributed by atoms with van der Waals surface area (Å²) < 4.78 is 13.9. The molecule has 0 spiro atoms. The molecule has 1 fully saturated rings. The van der Waals surface area contributed by atoms with Crippen LogP contribution >= 0.6 is 0 Å². The lowest BCUT2D eigenvalue weighted by Gasteiger charge is -2.25. The maximum absolute atomic E-state index is 13.9. The zero-order valence-corrected chi connectivity index (χ0v) is 11.4. The molecule has 102 valence electrons. The molecule has 1 aliphatic rings. The predicted molar refractivity (Wildman–Crippen MR) is 70.2 cm³/mol. The second kappa shape index (κ2) is 4.76. The van der Waals surface area contributed by atoms with Crippen molar-refractivity contribution >= 4 is 11.8 Å². The largest absolute Gasteiger partial charge is 0.296 e. The van der Waals surface area contributed by atoms with E-state index in [0.29, 0.717) is 12.0 Å². The minimum absolute atomic E-state index is 0.108. The first kappa shape index (κ1) is 13.7. The van der Waals surface area contributed by atoms with E-state index >= 15 is 0 Å². The molecule has 1 saturated heterocycles. The Morgan fingerprint density at radius 3 is 2.53 bits per heavy atom. The van der Waals surface area contributed by atoms with Gasteiger partial charge < -0.3 is 0 Å². The minimum atomic E-state index is -0.569. The van der Waals surface area contributed by atoms with E-state index in [2.05, 4.69) is 5.32 Å². The average Bonchev–Trinajstić information content (AvgIpc) is 2.29. The molecule has 1 aromatic carbocycles. The summed E-state index contributed by atoms with van der Waals surface area (Å²) in [6.45, 7) is 6.11. The highest BCUT2D eigenvalue weighted by Gasteiger charge is 2.30. The lowest BCUT2D eigenvalue weighted by atomic mass is 9.82. The number of benzene rings is 1. The molecule has 0 aliphatic carbocycles. The molecule has 1 aromatic rings. The van der Waals surface area contributed by atoms with E-state index in [1.165, 1.54) is 6.07 Å². The van der Waals surface area contributed by atoms with Gasteiger partial charge in [0, 0.05) is 12.0 Å². The maximum atomic E-state index is 13.9. The fourth-order valence-electron chi connectivity index (χ4n) is 2.27. The number of carbonyl (C=O) groups excluding carboxylic acids is 2. The second-order valence-electron chi connectivity index (χ2n) is 5.99. The first-order valence-corrected chi connectivity index (χ1v) is 6.42. The van der Waals surface area contributed by atoms with Crippen LogP contribution in [0.25, 0.3) is 0 Å². The topological polar surface area (TPSA) is 46.2 Å². The zero-order valence-electron chi connectivity index (χ0n) is 11.4. The number of hydrogen-bond acceptors (Lipinski definition) is 2. The van der Waals surface area contributed by atoms with Crippen LogP contribution in [0.1, 0.15) is 50.7 Å². The number of hydrogen-bond donors (Lipinski definition) is 1. The van der Waals surface area contributed by atoms with Crippen LogP contribution in [-0.2, 0) is 15.0 Å². The second-order valence-corrected chi connectivity index (χ2v) is 5.99. The van der Waals surface area contributed by atoms with Gasteiger partial charge in [0.1, 0.15) is 5.82 Å². The Kier molecular flexibility index (Phi) is 3.43. The van der Waals surface area contributed by atoms with Crippen molar-refractivity contribution in [3.05, 3.63) is 35.1 Å². The predicted octanol–water partition coefficient (Wildman–Crippen LogP) is 2.64.